The number of rotatable bonds is 10. The van der Waals surface area contributed by atoms with Crippen LogP contribution in [0.15, 0.2) is 36.4 Å². The van der Waals surface area contributed by atoms with Gasteiger partial charge in [-0.25, -0.2) is 0 Å². The molecule has 1 saturated heterocycles. The first-order valence-corrected chi connectivity index (χ1v) is 14.2. The van der Waals surface area contributed by atoms with E-state index in [9.17, 15) is 9.59 Å². The third-order valence-electron chi connectivity index (χ3n) is 7.07. The fourth-order valence-corrected chi connectivity index (χ4v) is 4.92. The Hall–Kier alpha value is -2.83. The molecular formula is C31H42ClN3O3. The fraction of sp³-hybridized carbons (Fsp3) is 0.484. The number of ether oxygens (including phenoxy) is 1. The van der Waals surface area contributed by atoms with Gasteiger partial charge in [0.05, 0.1) is 12.7 Å². The quantitative estimate of drug-likeness (QED) is 0.462. The molecule has 1 aliphatic carbocycles. The zero-order valence-electron chi connectivity index (χ0n) is 23.3. The van der Waals surface area contributed by atoms with Crippen molar-refractivity contribution in [3.05, 3.63) is 68.5 Å². The molecule has 4 rings (SSSR count). The largest absolute Gasteiger partial charge is 0.380 e. The van der Waals surface area contributed by atoms with Crippen LogP contribution >= 0.6 is 11.6 Å². The van der Waals surface area contributed by atoms with Crippen molar-refractivity contribution in [2.45, 2.75) is 52.6 Å². The number of hydrogen-bond donors (Lipinski definition) is 1. The van der Waals surface area contributed by atoms with Crippen molar-refractivity contribution in [2.24, 2.45) is 5.92 Å². The molecule has 2 aromatic rings. The van der Waals surface area contributed by atoms with Gasteiger partial charge in [-0.3, -0.25) is 9.59 Å². The average Bonchev–Trinajstić information content (AvgIpc) is 2.87. The summed E-state index contributed by atoms with van der Waals surface area (Å²) >= 11 is 5.93. The Balaban J connectivity index is 0.00000195. The summed E-state index contributed by atoms with van der Waals surface area (Å²) in [7, 11) is 2.03. The van der Waals surface area contributed by atoms with Gasteiger partial charge in [-0.2, -0.15) is 0 Å². The number of benzene rings is 2. The molecule has 0 atom stereocenters. The van der Waals surface area contributed by atoms with Crippen molar-refractivity contribution in [1.29, 1.82) is 0 Å². The number of amides is 2. The van der Waals surface area contributed by atoms with Gasteiger partial charge in [0.1, 0.15) is 0 Å². The van der Waals surface area contributed by atoms with E-state index in [-0.39, 0.29) is 11.8 Å². The minimum absolute atomic E-state index is 0.0414. The summed E-state index contributed by atoms with van der Waals surface area (Å²) in [5.41, 5.74) is 2.35. The van der Waals surface area contributed by atoms with Crippen molar-refractivity contribution < 1.29 is 14.3 Å². The number of carbonyl (C=O) groups excluding carboxylic acids is 2. The van der Waals surface area contributed by atoms with Crippen molar-refractivity contribution in [3.63, 3.8) is 0 Å². The van der Waals surface area contributed by atoms with Gasteiger partial charge in [0, 0.05) is 66.7 Å². The molecule has 1 aliphatic heterocycles. The van der Waals surface area contributed by atoms with Crippen molar-refractivity contribution in [2.75, 3.05) is 39.8 Å². The van der Waals surface area contributed by atoms with Crippen LogP contribution < -0.4 is 15.8 Å². The molecule has 0 bridgehead atoms. The van der Waals surface area contributed by atoms with Crippen LogP contribution in [0.5, 0.6) is 0 Å². The summed E-state index contributed by atoms with van der Waals surface area (Å²) in [6.07, 6.45) is 6.68. The van der Waals surface area contributed by atoms with Crippen molar-refractivity contribution >= 4 is 36.2 Å². The monoisotopic (exact) mass is 539 g/mol. The van der Waals surface area contributed by atoms with E-state index in [1.165, 1.54) is 6.42 Å². The minimum Gasteiger partial charge on any atom is -0.380 e. The minimum atomic E-state index is -0.0725. The van der Waals surface area contributed by atoms with E-state index in [0.717, 1.165) is 54.9 Å². The second-order valence-electron chi connectivity index (χ2n) is 9.85. The average molecular weight is 540 g/mol. The summed E-state index contributed by atoms with van der Waals surface area (Å²) < 4.78 is 5.75. The molecule has 38 heavy (non-hydrogen) atoms. The predicted molar refractivity (Wildman–Crippen MR) is 156 cm³/mol. The van der Waals surface area contributed by atoms with Crippen molar-refractivity contribution in [3.8, 4) is 0 Å². The van der Waals surface area contributed by atoms with Crippen LogP contribution in [0, 0.1) is 5.92 Å². The molecule has 2 amide bonds. The second-order valence-corrected chi connectivity index (χ2v) is 10.3. The molecule has 0 radical (unpaired) electrons. The Morgan fingerprint density at radius 1 is 1.16 bits per heavy atom. The molecule has 1 N–H and O–H groups in total. The molecule has 0 aromatic heterocycles. The first kappa shape index (κ1) is 29.7. The van der Waals surface area contributed by atoms with Gasteiger partial charge < -0.3 is 19.9 Å². The lowest BCUT2D eigenvalue weighted by molar-refractivity contribution is 0.00440. The highest BCUT2D eigenvalue weighted by Crippen LogP contribution is 2.22. The van der Waals surface area contributed by atoms with Crippen LogP contribution in [0.3, 0.4) is 0 Å². The highest BCUT2D eigenvalue weighted by molar-refractivity contribution is 6.30. The maximum Gasteiger partial charge on any atom is 0.253 e. The van der Waals surface area contributed by atoms with Gasteiger partial charge in [0.25, 0.3) is 11.8 Å². The predicted octanol–water partition coefficient (Wildman–Crippen LogP) is 4.08. The third-order valence-corrected chi connectivity index (χ3v) is 7.32. The lowest BCUT2D eigenvalue weighted by Crippen LogP contribution is -2.53. The standard InChI is InChI=1S/C29H36ClN3O3.C2H6/c1-4-25-26(28(34)31-14-15-36-24-6-5-7-24)13-8-20(2)27(25)19-32(3)16-21-17-33(18-21)29(35)22-9-11-23(30)12-10-22;1-2/h8-13,19,21,24H,2,4-7,14-18H2,1,3H3,(H,31,34);1-2H3/b27-19+;. The number of hydrogen-bond acceptors (Lipinski definition) is 4. The molecule has 0 spiro atoms. The van der Waals surface area contributed by atoms with Crippen LogP contribution in [-0.2, 0) is 11.2 Å². The molecule has 7 heteroatoms. The van der Waals surface area contributed by atoms with Gasteiger partial charge in [0.15, 0.2) is 0 Å². The van der Waals surface area contributed by atoms with Crippen LogP contribution in [0.4, 0.5) is 0 Å². The van der Waals surface area contributed by atoms with Gasteiger partial charge in [-0.15, -0.1) is 0 Å². The van der Waals surface area contributed by atoms with E-state index in [2.05, 4.69) is 29.9 Å². The van der Waals surface area contributed by atoms with E-state index < -0.39 is 0 Å². The number of halogens is 1. The Morgan fingerprint density at radius 2 is 1.84 bits per heavy atom. The van der Waals surface area contributed by atoms with Crippen LogP contribution in [0.25, 0.3) is 12.8 Å². The van der Waals surface area contributed by atoms with Gasteiger partial charge in [-0.1, -0.05) is 45.0 Å². The second kappa shape index (κ2) is 14.4. The number of nitrogens with zero attached hydrogens (tertiary/aromatic N) is 2. The normalized spacial score (nSPS) is 15.7. The smallest absolute Gasteiger partial charge is 0.253 e. The number of likely N-dealkylation sites (tertiary alicyclic amines) is 1. The molecule has 2 aromatic carbocycles. The van der Waals surface area contributed by atoms with Gasteiger partial charge >= 0.3 is 0 Å². The highest BCUT2D eigenvalue weighted by Gasteiger charge is 2.31. The lowest BCUT2D eigenvalue weighted by atomic mass is 9.96. The van der Waals surface area contributed by atoms with Gasteiger partial charge in [0.2, 0.25) is 0 Å². The molecule has 206 valence electrons. The molecular weight excluding hydrogens is 498 g/mol. The maximum atomic E-state index is 12.9. The van der Waals surface area contributed by atoms with Crippen LogP contribution in [0.2, 0.25) is 5.02 Å². The van der Waals surface area contributed by atoms with Gasteiger partial charge in [-0.05, 0) is 66.8 Å². The van der Waals surface area contributed by atoms with E-state index in [0.29, 0.717) is 41.3 Å². The molecule has 6 nitrogen and oxygen atoms in total. The fourth-order valence-electron chi connectivity index (χ4n) is 4.80. The van der Waals surface area contributed by atoms with Crippen LogP contribution in [0.1, 0.15) is 66.3 Å². The van der Waals surface area contributed by atoms with E-state index in [4.69, 9.17) is 16.3 Å². The summed E-state index contributed by atoms with van der Waals surface area (Å²) in [5, 5.41) is 5.52. The zero-order chi connectivity index (χ0) is 27.7. The summed E-state index contributed by atoms with van der Waals surface area (Å²) in [4.78, 5) is 29.6. The molecule has 2 aliphatic rings. The Labute approximate surface area is 232 Å². The van der Waals surface area contributed by atoms with E-state index in [1.54, 1.807) is 24.3 Å². The highest BCUT2D eigenvalue weighted by atomic mass is 35.5. The molecule has 1 heterocycles. The summed E-state index contributed by atoms with van der Waals surface area (Å²) in [6.45, 7) is 13.6. The number of nitrogens with one attached hydrogen (secondary N) is 1. The van der Waals surface area contributed by atoms with E-state index in [1.807, 2.05) is 37.9 Å². The Morgan fingerprint density at radius 3 is 2.45 bits per heavy atom. The zero-order valence-corrected chi connectivity index (χ0v) is 24.0. The molecule has 1 saturated carbocycles. The number of carbonyl (C=O) groups is 2. The lowest BCUT2D eigenvalue weighted by Gasteiger charge is -2.41. The van der Waals surface area contributed by atoms with Crippen LogP contribution in [-0.4, -0.2) is 67.6 Å². The Bertz CT molecular complexity index is 1190. The molecule has 0 unspecified atom stereocenters. The Kier molecular flexibility index (Phi) is 11.2. The summed E-state index contributed by atoms with van der Waals surface area (Å²) in [6, 6.07) is 10.8. The first-order chi connectivity index (χ1) is 18.4. The SMILES string of the molecule is C=c1ccc(C(=O)NCCOC2CCC2)c(CC)/c1=C/N(C)CC1CN(C(=O)c2ccc(Cl)cc2)C1.CC. The van der Waals surface area contributed by atoms with Crippen molar-refractivity contribution in [1.82, 2.24) is 15.1 Å². The molecule has 2 fully saturated rings. The first-order valence-electron chi connectivity index (χ1n) is 13.8. The maximum absolute atomic E-state index is 12.9. The topological polar surface area (TPSA) is 61.9 Å². The summed E-state index contributed by atoms with van der Waals surface area (Å²) in [5.74, 6) is 0.361. The van der Waals surface area contributed by atoms with E-state index >= 15 is 0 Å². The third kappa shape index (κ3) is 7.61.